The quantitative estimate of drug-likeness (QED) is 0.140. The van der Waals surface area contributed by atoms with Crippen molar-refractivity contribution in [2.75, 3.05) is 26.2 Å². The van der Waals surface area contributed by atoms with Crippen LogP contribution in [0, 0.1) is 11.6 Å². The third-order valence-electron chi connectivity index (χ3n) is 9.39. The lowest BCUT2D eigenvalue weighted by molar-refractivity contribution is -0.129. The van der Waals surface area contributed by atoms with Gasteiger partial charge in [0.25, 0.3) is 5.91 Å². The van der Waals surface area contributed by atoms with Crippen molar-refractivity contribution in [3.63, 3.8) is 0 Å². The molecule has 0 unspecified atom stereocenters. The molecule has 262 valence electrons. The summed E-state index contributed by atoms with van der Waals surface area (Å²) in [6.45, 7) is 12.8. The van der Waals surface area contributed by atoms with Gasteiger partial charge < -0.3 is 20.1 Å². The van der Waals surface area contributed by atoms with Gasteiger partial charge in [0.05, 0.1) is 22.8 Å². The minimum Gasteiger partial charge on any atom is -0.342 e. The summed E-state index contributed by atoms with van der Waals surface area (Å²) in [5.74, 6) is -1.89. The number of imidazole rings is 1. The first-order valence-electron chi connectivity index (χ1n) is 17.2. The normalized spacial score (nSPS) is 13.6. The van der Waals surface area contributed by atoms with E-state index in [0.717, 1.165) is 85.5 Å². The Morgan fingerprint density at radius 3 is 2.62 bits per heavy atom. The molecule has 2 amide bonds. The predicted molar refractivity (Wildman–Crippen MR) is 192 cm³/mol. The number of benzene rings is 3. The van der Waals surface area contributed by atoms with E-state index in [9.17, 15) is 18.4 Å². The van der Waals surface area contributed by atoms with Crippen molar-refractivity contribution in [3.8, 4) is 22.4 Å². The molecule has 0 aliphatic carbocycles. The summed E-state index contributed by atoms with van der Waals surface area (Å²) in [4.78, 5) is 37.4. The summed E-state index contributed by atoms with van der Waals surface area (Å²) in [5.41, 5.74) is 6.45. The monoisotopic (exact) mass is 701 g/mol. The fraction of sp³-hybridized carbons (Fsp3) is 0.368. The molecule has 2 N–H and O–H groups in total. The van der Waals surface area contributed by atoms with Crippen molar-refractivity contribution in [1.29, 1.82) is 0 Å². The molecule has 50 heavy (non-hydrogen) atoms. The number of aromatic amines is 1. The Hall–Kier alpha value is -4.61. The van der Waals surface area contributed by atoms with E-state index in [0.29, 0.717) is 35.0 Å². The number of aryl methyl sites for hydroxylation is 1. The maximum atomic E-state index is 13.7. The van der Waals surface area contributed by atoms with Crippen LogP contribution in [0.15, 0.2) is 54.6 Å². The molecular weight excluding hydrogens is 660 g/mol. The zero-order valence-electron chi connectivity index (χ0n) is 28.8. The maximum Gasteiger partial charge on any atom is 0.251 e. The Morgan fingerprint density at radius 2 is 1.86 bits per heavy atom. The van der Waals surface area contributed by atoms with Gasteiger partial charge in [0.1, 0.15) is 5.82 Å². The maximum absolute atomic E-state index is 13.7. The van der Waals surface area contributed by atoms with E-state index in [-0.39, 0.29) is 17.3 Å². The van der Waals surface area contributed by atoms with Gasteiger partial charge in [-0.15, -0.1) is 0 Å². The third kappa shape index (κ3) is 7.44. The van der Waals surface area contributed by atoms with Crippen LogP contribution in [0.2, 0.25) is 5.02 Å². The molecule has 12 heteroatoms. The molecule has 0 saturated heterocycles. The Bertz CT molecular complexity index is 2000. The van der Waals surface area contributed by atoms with E-state index >= 15 is 0 Å². The van der Waals surface area contributed by atoms with Crippen LogP contribution in [0.5, 0.6) is 0 Å². The fourth-order valence-corrected chi connectivity index (χ4v) is 6.89. The Balaban J connectivity index is 1.26. The Kier molecular flexibility index (Phi) is 10.6. The van der Waals surface area contributed by atoms with E-state index in [2.05, 4.69) is 38.7 Å². The highest BCUT2D eigenvalue weighted by Gasteiger charge is 2.27. The van der Waals surface area contributed by atoms with Gasteiger partial charge in [-0.2, -0.15) is 5.10 Å². The molecule has 1 aliphatic heterocycles. The molecule has 6 rings (SSSR count). The molecule has 1 atom stereocenters. The van der Waals surface area contributed by atoms with Crippen molar-refractivity contribution in [3.05, 3.63) is 93.9 Å². The van der Waals surface area contributed by atoms with Crippen molar-refractivity contribution in [2.45, 2.75) is 66.1 Å². The first-order valence-corrected chi connectivity index (χ1v) is 17.6. The van der Waals surface area contributed by atoms with Gasteiger partial charge in [-0.1, -0.05) is 43.6 Å². The molecule has 0 saturated carbocycles. The molecule has 0 radical (unpaired) electrons. The van der Waals surface area contributed by atoms with Crippen LogP contribution in [-0.2, 0) is 24.3 Å². The van der Waals surface area contributed by atoms with Crippen molar-refractivity contribution >= 4 is 34.4 Å². The number of nitrogens with zero attached hydrogens (tertiary/aromatic N) is 5. The highest BCUT2D eigenvalue weighted by molar-refractivity contribution is 6.33. The Morgan fingerprint density at radius 1 is 1.06 bits per heavy atom. The molecule has 1 aliphatic rings. The summed E-state index contributed by atoms with van der Waals surface area (Å²) >= 11 is 6.78. The number of aromatic nitrogens is 4. The van der Waals surface area contributed by atoms with Crippen LogP contribution in [0.25, 0.3) is 33.4 Å². The number of fused-ring (bicyclic) bond motifs is 2. The molecule has 2 aromatic heterocycles. The highest BCUT2D eigenvalue weighted by atomic mass is 35.5. The topological polar surface area (TPSA) is 99.2 Å². The lowest BCUT2D eigenvalue weighted by Gasteiger charge is -2.27. The van der Waals surface area contributed by atoms with Crippen LogP contribution < -0.4 is 5.32 Å². The predicted octanol–water partition coefficient (Wildman–Crippen LogP) is 7.54. The molecule has 3 aromatic carbocycles. The lowest BCUT2D eigenvalue weighted by atomic mass is 9.96. The fourth-order valence-electron chi connectivity index (χ4n) is 6.66. The van der Waals surface area contributed by atoms with E-state index in [1.165, 1.54) is 5.69 Å². The third-order valence-corrected chi connectivity index (χ3v) is 9.72. The number of carbonyl (C=O) groups is 2. The van der Waals surface area contributed by atoms with E-state index in [4.69, 9.17) is 16.7 Å². The van der Waals surface area contributed by atoms with Gasteiger partial charge >= 0.3 is 0 Å². The van der Waals surface area contributed by atoms with Crippen LogP contribution in [0.3, 0.4) is 0 Å². The first-order chi connectivity index (χ1) is 24.1. The van der Waals surface area contributed by atoms with Crippen LogP contribution >= 0.6 is 11.6 Å². The van der Waals surface area contributed by atoms with Crippen molar-refractivity contribution < 1.29 is 18.4 Å². The van der Waals surface area contributed by atoms with Crippen LogP contribution in [-0.4, -0.2) is 67.5 Å². The summed E-state index contributed by atoms with van der Waals surface area (Å²) in [5, 5.41) is 8.56. The lowest BCUT2D eigenvalue weighted by Crippen LogP contribution is -2.35. The SMILES string of the molecule is CCCN(CC)CCCn1nc(-c2ccc(Cl)c(-c3cccc(C(=O)N[C@@H](C)c4nc5cc(F)c(F)cc5[nH]4)c3)c2)c2c1CCN(C(C)=O)C2. The van der Waals surface area contributed by atoms with Crippen molar-refractivity contribution in [2.24, 2.45) is 0 Å². The van der Waals surface area contributed by atoms with E-state index < -0.39 is 17.7 Å². The smallest absolute Gasteiger partial charge is 0.251 e. The van der Waals surface area contributed by atoms with Crippen LogP contribution in [0.1, 0.15) is 74.0 Å². The molecule has 0 fully saturated rings. The van der Waals surface area contributed by atoms with E-state index in [1.807, 2.05) is 29.2 Å². The molecular formula is C38H42ClF2N7O2. The van der Waals surface area contributed by atoms with Gasteiger partial charge in [-0.3, -0.25) is 14.3 Å². The van der Waals surface area contributed by atoms with Gasteiger partial charge in [-0.05, 0) is 69.2 Å². The van der Waals surface area contributed by atoms with Gasteiger partial charge in [0, 0.05) is 78.1 Å². The van der Waals surface area contributed by atoms with Crippen LogP contribution in [0.4, 0.5) is 8.78 Å². The summed E-state index contributed by atoms with van der Waals surface area (Å²) in [7, 11) is 0. The van der Waals surface area contributed by atoms with E-state index in [1.54, 1.807) is 32.0 Å². The molecule has 5 aromatic rings. The second kappa shape index (κ2) is 15.1. The average molecular weight is 702 g/mol. The molecule has 9 nitrogen and oxygen atoms in total. The number of H-pyrrole nitrogens is 1. The second-order valence-corrected chi connectivity index (χ2v) is 13.3. The molecule has 0 spiro atoms. The highest BCUT2D eigenvalue weighted by Crippen LogP contribution is 2.36. The number of hydrogen-bond acceptors (Lipinski definition) is 5. The van der Waals surface area contributed by atoms with Gasteiger partial charge in [0.2, 0.25) is 5.91 Å². The molecule has 3 heterocycles. The largest absolute Gasteiger partial charge is 0.342 e. The zero-order valence-corrected chi connectivity index (χ0v) is 29.6. The average Bonchev–Trinajstić information content (AvgIpc) is 3.69. The second-order valence-electron chi connectivity index (χ2n) is 12.9. The zero-order chi connectivity index (χ0) is 35.5. The number of halogens is 3. The summed E-state index contributed by atoms with van der Waals surface area (Å²) in [6, 6.07) is 14.5. The minimum absolute atomic E-state index is 0.0387. The molecule has 0 bridgehead atoms. The summed E-state index contributed by atoms with van der Waals surface area (Å²) < 4.78 is 29.6. The number of hydrogen-bond donors (Lipinski definition) is 2. The number of nitrogens with one attached hydrogen (secondary N) is 2. The number of carbonyl (C=O) groups excluding carboxylic acids is 2. The number of rotatable bonds is 12. The minimum atomic E-state index is -0.987. The standard InChI is InChI=1S/C38H42ClF2N7O2/c1-5-14-46(6-2)15-8-16-48-35-13-17-47(24(4)49)22-29(35)36(45-48)26-11-12-30(39)28(19-26)25-9-7-10-27(18-25)38(50)42-23(3)37-43-33-20-31(40)32(41)21-34(33)44-37/h7,9-12,18-21,23H,5-6,8,13-17,22H2,1-4H3,(H,42,50)(H,43,44)/t23-/m0/s1. The number of amides is 2. The van der Waals surface area contributed by atoms with Gasteiger partial charge in [-0.25, -0.2) is 13.8 Å². The van der Waals surface area contributed by atoms with Gasteiger partial charge in [0.15, 0.2) is 11.6 Å². The first kappa shape index (κ1) is 35.2. The summed E-state index contributed by atoms with van der Waals surface area (Å²) in [6.07, 6.45) is 2.84. The van der Waals surface area contributed by atoms with Crippen molar-refractivity contribution in [1.82, 2.24) is 34.9 Å². The Labute approximate surface area is 295 Å².